The normalized spacial score (nSPS) is 11.5. The molecular weight excluding hydrogens is 220 g/mol. The Hall–Kier alpha value is -1.50. The van der Waals surface area contributed by atoms with E-state index in [1.807, 2.05) is 0 Å². The van der Waals surface area contributed by atoms with Crippen LogP contribution in [-0.4, -0.2) is 32.7 Å². The minimum absolute atomic E-state index is 0.0852. The van der Waals surface area contributed by atoms with Crippen molar-refractivity contribution in [1.82, 2.24) is 20.2 Å². The number of amides is 1. The molecule has 0 unspecified atom stereocenters. The van der Waals surface area contributed by atoms with E-state index in [0.29, 0.717) is 13.0 Å². The Labute approximate surface area is 101 Å². The number of nitrogens with one attached hydrogen (secondary N) is 1. The van der Waals surface area contributed by atoms with Gasteiger partial charge in [-0.2, -0.15) is 4.80 Å². The van der Waals surface area contributed by atoms with Gasteiger partial charge >= 0.3 is 0 Å². The van der Waals surface area contributed by atoms with Crippen molar-refractivity contribution in [3.05, 3.63) is 0 Å². The second-order valence-corrected chi connectivity index (χ2v) is 4.85. The predicted octanol–water partition coefficient (Wildman–Crippen LogP) is 0.304. The predicted molar refractivity (Wildman–Crippen MR) is 64.1 cm³/mol. The van der Waals surface area contributed by atoms with Gasteiger partial charge in [0.15, 0.2) is 0 Å². The van der Waals surface area contributed by atoms with Crippen LogP contribution in [0, 0.1) is 5.41 Å². The lowest BCUT2D eigenvalue weighted by Gasteiger charge is -2.23. The highest BCUT2D eigenvalue weighted by atomic mass is 16.1. The Kier molecular flexibility index (Phi) is 4.56. The molecule has 0 aliphatic carbocycles. The van der Waals surface area contributed by atoms with Crippen molar-refractivity contribution in [3.8, 4) is 0 Å². The van der Waals surface area contributed by atoms with E-state index in [1.165, 1.54) is 4.80 Å². The SMILES string of the molecule is Cn1nnc(NC(=O)CCC(C)(C)CCN)n1. The number of carbonyl (C=O) groups excluding carboxylic acids is 1. The van der Waals surface area contributed by atoms with E-state index in [0.717, 1.165) is 12.8 Å². The first kappa shape index (κ1) is 13.6. The van der Waals surface area contributed by atoms with E-state index in [9.17, 15) is 4.79 Å². The molecule has 7 nitrogen and oxygen atoms in total. The number of rotatable bonds is 6. The molecule has 1 aromatic rings. The van der Waals surface area contributed by atoms with Crippen LogP contribution in [0.3, 0.4) is 0 Å². The molecule has 1 amide bonds. The number of aromatic nitrogens is 4. The summed E-state index contributed by atoms with van der Waals surface area (Å²) >= 11 is 0. The molecule has 17 heavy (non-hydrogen) atoms. The summed E-state index contributed by atoms with van der Waals surface area (Å²) in [6, 6.07) is 0. The van der Waals surface area contributed by atoms with Crippen molar-refractivity contribution in [2.45, 2.75) is 33.1 Å². The zero-order valence-electron chi connectivity index (χ0n) is 10.6. The Bertz CT molecular complexity index is 373. The van der Waals surface area contributed by atoms with E-state index in [-0.39, 0.29) is 17.3 Å². The van der Waals surface area contributed by atoms with Crippen LogP contribution >= 0.6 is 0 Å². The summed E-state index contributed by atoms with van der Waals surface area (Å²) < 4.78 is 0. The third-order valence-corrected chi connectivity index (χ3v) is 2.61. The quantitative estimate of drug-likeness (QED) is 0.745. The summed E-state index contributed by atoms with van der Waals surface area (Å²) in [6.45, 7) is 4.85. The van der Waals surface area contributed by atoms with Gasteiger partial charge in [-0.15, -0.1) is 5.10 Å². The Morgan fingerprint density at radius 3 is 2.71 bits per heavy atom. The van der Waals surface area contributed by atoms with Crippen molar-refractivity contribution < 1.29 is 4.79 Å². The van der Waals surface area contributed by atoms with Gasteiger partial charge in [0.25, 0.3) is 5.95 Å². The summed E-state index contributed by atoms with van der Waals surface area (Å²) in [7, 11) is 1.65. The molecule has 0 fully saturated rings. The maximum atomic E-state index is 11.6. The second kappa shape index (κ2) is 5.72. The van der Waals surface area contributed by atoms with Crippen molar-refractivity contribution >= 4 is 11.9 Å². The molecule has 0 aliphatic heterocycles. The van der Waals surface area contributed by atoms with E-state index in [1.54, 1.807) is 7.05 Å². The highest BCUT2D eigenvalue weighted by Crippen LogP contribution is 2.25. The third kappa shape index (κ3) is 4.90. The molecule has 0 aromatic carbocycles. The van der Waals surface area contributed by atoms with Gasteiger partial charge < -0.3 is 5.73 Å². The fourth-order valence-corrected chi connectivity index (χ4v) is 1.49. The lowest BCUT2D eigenvalue weighted by atomic mass is 9.84. The number of nitrogens with two attached hydrogens (primary N) is 1. The van der Waals surface area contributed by atoms with Gasteiger partial charge in [-0.05, 0) is 30.0 Å². The summed E-state index contributed by atoms with van der Waals surface area (Å²) in [6.07, 6.45) is 2.13. The molecular formula is C10H20N6O. The smallest absolute Gasteiger partial charge is 0.270 e. The van der Waals surface area contributed by atoms with Crippen molar-refractivity contribution in [2.75, 3.05) is 11.9 Å². The molecule has 96 valence electrons. The zero-order valence-corrected chi connectivity index (χ0v) is 10.6. The fraction of sp³-hybridized carbons (Fsp3) is 0.800. The largest absolute Gasteiger partial charge is 0.330 e. The number of anilines is 1. The average molecular weight is 240 g/mol. The van der Waals surface area contributed by atoms with Crippen LogP contribution in [0.15, 0.2) is 0 Å². The average Bonchev–Trinajstić information content (AvgIpc) is 2.61. The summed E-state index contributed by atoms with van der Waals surface area (Å²) in [5.41, 5.74) is 5.60. The van der Waals surface area contributed by atoms with Gasteiger partial charge in [-0.3, -0.25) is 10.1 Å². The summed E-state index contributed by atoms with van der Waals surface area (Å²) in [5.74, 6) is 0.150. The minimum atomic E-state index is -0.0944. The fourth-order valence-electron chi connectivity index (χ4n) is 1.49. The molecule has 0 bridgehead atoms. The zero-order chi connectivity index (χ0) is 12.9. The molecule has 0 aliphatic rings. The minimum Gasteiger partial charge on any atom is -0.330 e. The summed E-state index contributed by atoms with van der Waals surface area (Å²) in [5, 5.41) is 13.8. The van der Waals surface area contributed by atoms with Crippen LogP contribution in [0.2, 0.25) is 0 Å². The molecule has 0 saturated carbocycles. The standard InChI is InChI=1S/C10H20N6O/c1-10(2,6-7-11)5-4-8(17)12-9-13-15-16(3)14-9/h4-7,11H2,1-3H3,(H,12,14,17). The van der Waals surface area contributed by atoms with Crippen LogP contribution in [-0.2, 0) is 11.8 Å². The molecule has 3 N–H and O–H groups in total. The van der Waals surface area contributed by atoms with Crippen molar-refractivity contribution in [2.24, 2.45) is 18.2 Å². The topological polar surface area (TPSA) is 98.7 Å². The Morgan fingerprint density at radius 2 is 2.18 bits per heavy atom. The van der Waals surface area contributed by atoms with Gasteiger partial charge in [0, 0.05) is 6.42 Å². The van der Waals surface area contributed by atoms with Gasteiger partial charge in [0.2, 0.25) is 5.91 Å². The van der Waals surface area contributed by atoms with Gasteiger partial charge in [0.1, 0.15) is 0 Å². The molecule has 1 aromatic heterocycles. The number of nitrogens with zero attached hydrogens (tertiary/aromatic N) is 4. The number of hydrogen-bond acceptors (Lipinski definition) is 5. The number of hydrogen-bond donors (Lipinski definition) is 2. The van der Waals surface area contributed by atoms with Crippen LogP contribution < -0.4 is 11.1 Å². The van der Waals surface area contributed by atoms with Crippen LogP contribution in [0.25, 0.3) is 0 Å². The second-order valence-electron chi connectivity index (χ2n) is 4.85. The first-order chi connectivity index (χ1) is 7.93. The highest BCUT2D eigenvalue weighted by Gasteiger charge is 2.18. The molecule has 1 heterocycles. The molecule has 1 rings (SSSR count). The lowest BCUT2D eigenvalue weighted by molar-refractivity contribution is -0.116. The van der Waals surface area contributed by atoms with E-state index >= 15 is 0 Å². The van der Waals surface area contributed by atoms with Crippen LogP contribution in [0.4, 0.5) is 5.95 Å². The van der Waals surface area contributed by atoms with E-state index in [4.69, 9.17) is 5.73 Å². The van der Waals surface area contributed by atoms with Gasteiger partial charge in [0.05, 0.1) is 7.05 Å². The first-order valence-corrected chi connectivity index (χ1v) is 5.67. The number of tetrazole rings is 1. The van der Waals surface area contributed by atoms with Crippen molar-refractivity contribution in [3.63, 3.8) is 0 Å². The maximum Gasteiger partial charge on any atom is 0.270 e. The monoisotopic (exact) mass is 240 g/mol. The molecule has 0 atom stereocenters. The lowest BCUT2D eigenvalue weighted by Crippen LogP contribution is -2.21. The summed E-state index contributed by atoms with van der Waals surface area (Å²) in [4.78, 5) is 12.9. The van der Waals surface area contributed by atoms with Crippen LogP contribution in [0.1, 0.15) is 33.1 Å². The molecule has 0 spiro atoms. The van der Waals surface area contributed by atoms with Crippen LogP contribution in [0.5, 0.6) is 0 Å². The highest BCUT2D eigenvalue weighted by molar-refractivity contribution is 5.88. The Morgan fingerprint density at radius 1 is 1.47 bits per heavy atom. The molecule has 0 saturated heterocycles. The number of carbonyl (C=O) groups is 1. The maximum absolute atomic E-state index is 11.6. The Balaban J connectivity index is 2.35. The van der Waals surface area contributed by atoms with Gasteiger partial charge in [-0.1, -0.05) is 18.9 Å². The van der Waals surface area contributed by atoms with E-state index in [2.05, 4.69) is 34.6 Å². The van der Waals surface area contributed by atoms with E-state index < -0.39 is 0 Å². The van der Waals surface area contributed by atoms with Crippen molar-refractivity contribution in [1.29, 1.82) is 0 Å². The molecule has 7 heteroatoms. The number of aryl methyl sites for hydroxylation is 1. The first-order valence-electron chi connectivity index (χ1n) is 5.67. The van der Waals surface area contributed by atoms with Gasteiger partial charge in [-0.25, -0.2) is 0 Å². The third-order valence-electron chi connectivity index (χ3n) is 2.61. The molecule has 0 radical (unpaired) electrons.